The Hall–Kier alpha value is -1.28. The first-order valence-electron chi connectivity index (χ1n) is 6.14. The number of carbonyl (C=O) groups is 1. The van der Waals surface area contributed by atoms with Crippen molar-refractivity contribution in [1.29, 1.82) is 0 Å². The van der Waals surface area contributed by atoms with Gasteiger partial charge in [0.1, 0.15) is 11.3 Å². The first-order valence-corrected chi connectivity index (χ1v) is 8.52. The van der Waals surface area contributed by atoms with Crippen LogP contribution in [0.2, 0.25) is 0 Å². The molecule has 1 heterocycles. The highest BCUT2D eigenvalue weighted by atomic mass is 32.2. The molecular weight excluding hydrogens is 318 g/mol. The summed E-state index contributed by atoms with van der Waals surface area (Å²) in [6, 6.07) is 1.96. The number of aliphatic carboxylic acids is 1. The molecule has 0 saturated carbocycles. The Labute approximate surface area is 128 Å². The van der Waals surface area contributed by atoms with Gasteiger partial charge in [-0.05, 0) is 13.2 Å². The van der Waals surface area contributed by atoms with Gasteiger partial charge in [-0.1, -0.05) is 11.8 Å². The Morgan fingerprint density at radius 3 is 2.81 bits per heavy atom. The van der Waals surface area contributed by atoms with Crippen LogP contribution >= 0.6 is 23.5 Å². The van der Waals surface area contributed by atoms with Crippen molar-refractivity contribution in [2.75, 3.05) is 17.8 Å². The first kappa shape index (κ1) is 16.1. The fourth-order valence-corrected chi connectivity index (χ4v) is 3.53. The lowest BCUT2D eigenvalue weighted by atomic mass is 10.2. The molecule has 2 rings (SSSR count). The Morgan fingerprint density at radius 1 is 1.48 bits per heavy atom. The number of imidazole rings is 1. The quantitative estimate of drug-likeness (QED) is 0.822. The number of halogens is 2. The molecule has 0 saturated heterocycles. The fourth-order valence-electron chi connectivity index (χ4n) is 2.07. The molecule has 0 amide bonds. The van der Waals surface area contributed by atoms with E-state index in [-0.39, 0.29) is 17.3 Å². The highest BCUT2D eigenvalue weighted by Gasteiger charge is 2.20. The van der Waals surface area contributed by atoms with Crippen LogP contribution in [0.4, 0.5) is 8.78 Å². The molecule has 0 bridgehead atoms. The van der Waals surface area contributed by atoms with Crippen molar-refractivity contribution in [3.63, 3.8) is 0 Å². The van der Waals surface area contributed by atoms with Gasteiger partial charge in [0.15, 0.2) is 11.0 Å². The second kappa shape index (κ2) is 6.65. The second-order valence-corrected chi connectivity index (χ2v) is 6.36. The summed E-state index contributed by atoms with van der Waals surface area (Å²) in [5.74, 6) is -1.85. The molecular formula is C13H14F2N2O2S2. The molecule has 8 heteroatoms. The molecule has 0 spiro atoms. The zero-order chi connectivity index (χ0) is 15.6. The SMILES string of the molecule is CSCC(C)n1c(SCC(=O)O)nc2c(F)cc(F)cc21. The standard InChI is InChI=1S/C13H14F2N2O2S2/c1-7(5-20-2)17-10-4-8(14)3-9(15)12(10)16-13(17)21-6-11(18)19/h3-4,7H,5-6H2,1-2H3,(H,18,19). The van der Waals surface area contributed by atoms with E-state index in [9.17, 15) is 13.6 Å². The van der Waals surface area contributed by atoms with Crippen molar-refractivity contribution < 1.29 is 18.7 Å². The lowest BCUT2D eigenvalue weighted by molar-refractivity contribution is -0.133. The van der Waals surface area contributed by atoms with Crippen molar-refractivity contribution in [2.45, 2.75) is 18.1 Å². The third kappa shape index (κ3) is 3.49. The minimum atomic E-state index is -0.984. The highest BCUT2D eigenvalue weighted by Crippen LogP contribution is 2.30. The lowest BCUT2D eigenvalue weighted by Crippen LogP contribution is -2.10. The van der Waals surface area contributed by atoms with E-state index < -0.39 is 17.6 Å². The number of hydrogen-bond donors (Lipinski definition) is 1. The van der Waals surface area contributed by atoms with Gasteiger partial charge in [-0.25, -0.2) is 13.8 Å². The van der Waals surface area contributed by atoms with Crippen molar-refractivity contribution in [1.82, 2.24) is 9.55 Å². The van der Waals surface area contributed by atoms with Crippen molar-refractivity contribution in [3.05, 3.63) is 23.8 Å². The zero-order valence-corrected chi connectivity index (χ0v) is 13.1. The maximum Gasteiger partial charge on any atom is 0.313 e. The maximum atomic E-state index is 13.8. The molecule has 0 aliphatic heterocycles. The van der Waals surface area contributed by atoms with E-state index in [1.807, 2.05) is 13.2 Å². The Bertz CT molecular complexity index is 676. The van der Waals surface area contributed by atoms with Crippen molar-refractivity contribution in [3.8, 4) is 0 Å². The number of thioether (sulfide) groups is 2. The Kier molecular flexibility index (Phi) is 5.10. The highest BCUT2D eigenvalue weighted by molar-refractivity contribution is 7.99. The summed E-state index contributed by atoms with van der Waals surface area (Å²) in [5, 5.41) is 9.17. The molecule has 1 aromatic heterocycles. The van der Waals surface area contributed by atoms with Gasteiger partial charge in [0.2, 0.25) is 0 Å². The van der Waals surface area contributed by atoms with E-state index in [4.69, 9.17) is 5.11 Å². The Balaban J connectivity index is 2.57. The molecule has 2 aromatic rings. The van der Waals surface area contributed by atoms with Crippen LogP contribution in [0.25, 0.3) is 11.0 Å². The predicted octanol–water partition coefficient (Wildman–Crippen LogP) is 3.42. The van der Waals surface area contributed by atoms with E-state index in [0.717, 1.165) is 23.6 Å². The lowest BCUT2D eigenvalue weighted by Gasteiger charge is -2.16. The number of aromatic nitrogens is 2. The average molecular weight is 332 g/mol. The van der Waals surface area contributed by atoms with Crippen LogP contribution in [0.15, 0.2) is 17.3 Å². The smallest absolute Gasteiger partial charge is 0.313 e. The summed E-state index contributed by atoms with van der Waals surface area (Å²) in [6.45, 7) is 1.91. The van der Waals surface area contributed by atoms with E-state index >= 15 is 0 Å². The summed E-state index contributed by atoms with van der Waals surface area (Å²) in [6.07, 6.45) is 1.93. The van der Waals surface area contributed by atoms with E-state index in [0.29, 0.717) is 10.7 Å². The van der Waals surface area contributed by atoms with Crippen LogP contribution in [-0.4, -0.2) is 38.4 Å². The molecule has 4 nitrogen and oxygen atoms in total. The monoisotopic (exact) mass is 332 g/mol. The molecule has 114 valence electrons. The van der Waals surface area contributed by atoms with Gasteiger partial charge < -0.3 is 9.67 Å². The topological polar surface area (TPSA) is 55.1 Å². The van der Waals surface area contributed by atoms with Crippen LogP contribution in [-0.2, 0) is 4.79 Å². The molecule has 1 unspecified atom stereocenters. The van der Waals surface area contributed by atoms with E-state index in [1.165, 1.54) is 6.07 Å². The van der Waals surface area contributed by atoms with E-state index in [1.54, 1.807) is 16.3 Å². The van der Waals surface area contributed by atoms with Gasteiger partial charge in [-0.2, -0.15) is 11.8 Å². The van der Waals surface area contributed by atoms with Gasteiger partial charge in [0.25, 0.3) is 0 Å². The van der Waals surface area contributed by atoms with Crippen molar-refractivity contribution >= 4 is 40.5 Å². The molecule has 1 aromatic carbocycles. The maximum absolute atomic E-state index is 13.8. The van der Waals surface area contributed by atoms with Gasteiger partial charge in [-0.3, -0.25) is 4.79 Å². The summed E-state index contributed by atoms with van der Waals surface area (Å²) >= 11 is 2.60. The predicted molar refractivity (Wildman–Crippen MR) is 81.1 cm³/mol. The normalized spacial score (nSPS) is 12.8. The number of fused-ring (bicyclic) bond motifs is 1. The number of carboxylic acids is 1. The average Bonchev–Trinajstić information content (AvgIpc) is 2.75. The number of nitrogens with zero attached hydrogens (tertiary/aromatic N) is 2. The first-order chi connectivity index (χ1) is 9.93. The van der Waals surface area contributed by atoms with Crippen molar-refractivity contribution in [2.24, 2.45) is 0 Å². The third-order valence-corrected chi connectivity index (χ3v) is 4.61. The largest absolute Gasteiger partial charge is 0.481 e. The molecule has 1 atom stereocenters. The summed E-state index contributed by atoms with van der Waals surface area (Å²) in [4.78, 5) is 14.9. The van der Waals surface area contributed by atoms with Crippen LogP contribution in [0, 0.1) is 11.6 Å². The van der Waals surface area contributed by atoms with Crippen LogP contribution < -0.4 is 0 Å². The number of rotatable bonds is 6. The zero-order valence-electron chi connectivity index (χ0n) is 11.5. The molecule has 21 heavy (non-hydrogen) atoms. The van der Waals surface area contributed by atoms with Gasteiger partial charge >= 0.3 is 5.97 Å². The Morgan fingerprint density at radius 2 is 2.19 bits per heavy atom. The molecule has 0 radical (unpaired) electrons. The minimum Gasteiger partial charge on any atom is -0.481 e. The van der Waals surface area contributed by atoms with Gasteiger partial charge in [0.05, 0.1) is 11.3 Å². The summed E-state index contributed by atoms with van der Waals surface area (Å²) in [5.41, 5.74) is 0.416. The van der Waals surface area contributed by atoms with Crippen LogP contribution in [0.1, 0.15) is 13.0 Å². The minimum absolute atomic E-state index is 0.0532. The van der Waals surface area contributed by atoms with Crippen LogP contribution in [0.5, 0.6) is 0 Å². The second-order valence-electron chi connectivity index (χ2n) is 4.51. The molecule has 1 N–H and O–H groups in total. The molecule has 0 aliphatic carbocycles. The van der Waals surface area contributed by atoms with Gasteiger partial charge in [-0.15, -0.1) is 0 Å². The fraction of sp³-hybridized carbons (Fsp3) is 0.385. The summed E-state index contributed by atoms with van der Waals surface area (Å²) < 4.78 is 29.0. The number of benzene rings is 1. The third-order valence-electron chi connectivity index (χ3n) is 2.85. The molecule has 0 aliphatic rings. The molecule has 0 fully saturated rings. The number of hydrogen-bond acceptors (Lipinski definition) is 4. The van der Waals surface area contributed by atoms with Crippen LogP contribution in [0.3, 0.4) is 0 Å². The number of carboxylic acid groups (broad SMARTS) is 1. The summed E-state index contributed by atoms with van der Waals surface area (Å²) in [7, 11) is 0. The van der Waals surface area contributed by atoms with Gasteiger partial charge in [0, 0.05) is 23.9 Å². The van der Waals surface area contributed by atoms with E-state index in [2.05, 4.69) is 4.98 Å².